The van der Waals surface area contributed by atoms with Gasteiger partial charge in [-0.2, -0.15) is 11.8 Å². The molecule has 4 unspecified atom stereocenters. The number of rotatable bonds is 21. The monoisotopic (exact) mass is 622 g/mol. The Morgan fingerprint density at radius 1 is 0.950 bits per heavy atom. The zero-order valence-corrected chi connectivity index (χ0v) is 25.8. The fraction of sp³-hybridized carbons (Fsp3) is 0.840. The smallest absolute Gasteiger partial charge is 0.315 e. The highest BCUT2D eigenvalue weighted by molar-refractivity contribution is 8.71. The molecular weight excluding hydrogens is 577 g/mol. The maximum absolute atomic E-state index is 12.1. The van der Waals surface area contributed by atoms with Crippen molar-refractivity contribution >= 4 is 55.2 Å². The lowest BCUT2D eigenvalue weighted by Crippen LogP contribution is -2.41. The summed E-state index contributed by atoms with van der Waals surface area (Å²) in [6.07, 6.45) is 9.26. The minimum Gasteiger partial charge on any atom is -0.356 e. The van der Waals surface area contributed by atoms with Crippen LogP contribution in [0.2, 0.25) is 0 Å². The van der Waals surface area contributed by atoms with Crippen LogP contribution in [-0.4, -0.2) is 92.9 Å². The Kier molecular flexibility index (Phi) is 16.1. The van der Waals surface area contributed by atoms with Gasteiger partial charge in [0.15, 0.2) is 8.87 Å². The van der Waals surface area contributed by atoms with E-state index in [1.807, 2.05) is 11.8 Å². The highest BCUT2D eigenvalue weighted by atomic mass is 33.1. The van der Waals surface area contributed by atoms with E-state index >= 15 is 0 Å². The average Bonchev–Trinajstić information content (AvgIpc) is 3.44. The summed E-state index contributed by atoms with van der Waals surface area (Å²) in [5.41, 5.74) is 5.86. The molecule has 4 atom stereocenters. The normalized spacial score (nSPS) is 20.8. The molecule has 0 aromatic heterocycles. The number of carbonyl (C=O) groups excluding carboxylic acids is 4. The third-order valence-corrected chi connectivity index (χ3v) is 10.9. The van der Waals surface area contributed by atoms with Gasteiger partial charge in [0.1, 0.15) is 0 Å². The van der Waals surface area contributed by atoms with Crippen LogP contribution in [0.3, 0.4) is 0 Å². The largest absolute Gasteiger partial charge is 0.356 e. The second kappa shape index (κ2) is 18.7. The van der Waals surface area contributed by atoms with Gasteiger partial charge >= 0.3 is 6.03 Å². The highest BCUT2D eigenvalue weighted by Crippen LogP contribution is 2.33. The van der Waals surface area contributed by atoms with E-state index < -0.39 is 14.9 Å². The van der Waals surface area contributed by atoms with E-state index in [1.165, 1.54) is 0 Å². The van der Waals surface area contributed by atoms with Crippen LogP contribution >= 0.6 is 22.6 Å². The Morgan fingerprint density at radius 2 is 1.60 bits per heavy atom. The fourth-order valence-electron chi connectivity index (χ4n) is 4.61. The van der Waals surface area contributed by atoms with Crippen LogP contribution in [0.5, 0.6) is 0 Å². The van der Waals surface area contributed by atoms with Crippen LogP contribution in [0.1, 0.15) is 70.6 Å². The summed E-state index contributed by atoms with van der Waals surface area (Å²) in [6.45, 7) is 1.39. The van der Waals surface area contributed by atoms with E-state index in [-0.39, 0.29) is 48.1 Å². The van der Waals surface area contributed by atoms with Gasteiger partial charge in [-0.3, -0.25) is 14.4 Å². The molecule has 0 aliphatic carbocycles. The van der Waals surface area contributed by atoms with E-state index in [1.54, 1.807) is 0 Å². The number of urea groups is 1. The van der Waals surface area contributed by atoms with Gasteiger partial charge in [0, 0.05) is 55.5 Å². The Labute approximate surface area is 245 Å². The van der Waals surface area contributed by atoms with Crippen molar-refractivity contribution in [3.8, 4) is 0 Å². The van der Waals surface area contributed by atoms with Crippen LogP contribution in [0, 0.1) is 0 Å². The number of thioether (sulfide) groups is 1. The first-order valence-electron chi connectivity index (χ1n) is 14.1. The van der Waals surface area contributed by atoms with Gasteiger partial charge in [-0.05, 0) is 55.7 Å². The molecule has 0 saturated carbocycles. The molecule has 0 aromatic carbocycles. The molecular formula is C25H46N6O6S3. The number of nitrogens with one attached hydrogen (secondary N) is 5. The van der Waals surface area contributed by atoms with Gasteiger partial charge in [0.25, 0.3) is 0 Å². The maximum Gasteiger partial charge on any atom is 0.315 e. The van der Waals surface area contributed by atoms with Crippen LogP contribution in [0.15, 0.2) is 0 Å². The van der Waals surface area contributed by atoms with Crippen LogP contribution < -0.4 is 32.3 Å². The summed E-state index contributed by atoms with van der Waals surface area (Å²) < 4.78 is 22.1. The van der Waals surface area contributed by atoms with Gasteiger partial charge in [-0.15, -0.1) is 0 Å². The Hall–Kier alpha value is -1.71. The second-order valence-corrected chi connectivity index (χ2v) is 16.1. The molecule has 230 valence electrons. The number of hydrogen-bond acceptors (Lipinski definition) is 9. The predicted octanol–water partition coefficient (Wildman–Crippen LogP) is 0.812. The number of nitrogens with two attached hydrogens (primary N) is 1. The van der Waals surface area contributed by atoms with Gasteiger partial charge in [-0.25, -0.2) is 13.2 Å². The van der Waals surface area contributed by atoms with Crippen molar-refractivity contribution in [2.75, 3.05) is 37.4 Å². The Balaban J connectivity index is 1.35. The molecule has 5 amide bonds. The lowest BCUT2D eigenvalue weighted by molar-refractivity contribution is -0.123. The molecule has 0 bridgehead atoms. The number of unbranched alkanes of at least 4 members (excludes halogenated alkanes) is 4. The number of fused-ring (bicyclic) bond motifs is 1. The van der Waals surface area contributed by atoms with Crippen molar-refractivity contribution in [1.29, 1.82) is 0 Å². The van der Waals surface area contributed by atoms with Crippen molar-refractivity contribution in [2.24, 2.45) is 5.73 Å². The van der Waals surface area contributed by atoms with E-state index in [0.717, 1.165) is 67.7 Å². The first kappa shape index (κ1) is 34.5. The van der Waals surface area contributed by atoms with Crippen molar-refractivity contribution in [3.63, 3.8) is 0 Å². The summed E-state index contributed by atoms with van der Waals surface area (Å²) in [5, 5.41) is 14.8. The molecule has 2 aliphatic rings. The van der Waals surface area contributed by atoms with E-state index in [4.69, 9.17) is 5.73 Å². The summed E-state index contributed by atoms with van der Waals surface area (Å²) in [4.78, 5) is 47.4. The Bertz CT molecular complexity index is 938. The highest BCUT2D eigenvalue weighted by Gasteiger charge is 2.42. The topological polar surface area (TPSA) is 189 Å². The van der Waals surface area contributed by atoms with E-state index in [9.17, 15) is 27.6 Å². The molecule has 15 heteroatoms. The molecule has 2 fully saturated rings. The second-order valence-electron chi connectivity index (χ2n) is 10.3. The summed E-state index contributed by atoms with van der Waals surface area (Å²) >= 11 is 1.89. The standard InChI is InChI=1S/C25H46N6O6S3/c1-40(36,37)39-16-15-29-24(34)18(26)9-6-8-14-28-21(32)11-3-2-7-13-27-22(33)12-5-4-10-20-23-19(17-38-20)30-25(35)31-23/h18-20,23H,2-17,26H2,1H3,(H,27,33)(H,28,32)(H,29,34)(H2,30,31,35). The molecule has 2 saturated heterocycles. The summed E-state index contributed by atoms with van der Waals surface area (Å²) in [5.74, 6) is 0.987. The first-order chi connectivity index (χ1) is 19.0. The molecule has 0 spiro atoms. The van der Waals surface area contributed by atoms with Gasteiger partial charge in [0.05, 0.1) is 18.1 Å². The molecule has 2 aliphatic heterocycles. The van der Waals surface area contributed by atoms with Gasteiger partial charge in [-0.1, -0.05) is 12.8 Å². The minimum atomic E-state index is -3.12. The third-order valence-electron chi connectivity index (χ3n) is 6.78. The predicted molar refractivity (Wildman–Crippen MR) is 161 cm³/mol. The summed E-state index contributed by atoms with van der Waals surface area (Å²) in [7, 11) is -2.33. The average molecular weight is 623 g/mol. The number of hydrogen-bond donors (Lipinski definition) is 6. The zero-order valence-electron chi connectivity index (χ0n) is 23.4. The molecule has 7 N–H and O–H groups in total. The molecule has 2 rings (SSSR count). The number of carbonyl (C=O) groups is 4. The van der Waals surface area contributed by atoms with Crippen molar-refractivity contribution < 1.29 is 27.6 Å². The quantitative estimate of drug-likeness (QED) is 0.0611. The lowest BCUT2D eigenvalue weighted by atomic mass is 10.0. The molecule has 40 heavy (non-hydrogen) atoms. The minimum absolute atomic E-state index is 0.00542. The van der Waals surface area contributed by atoms with Crippen LogP contribution in [0.25, 0.3) is 0 Å². The molecule has 2 heterocycles. The summed E-state index contributed by atoms with van der Waals surface area (Å²) in [6, 6.07) is -0.273. The van der Waals surface area contributed by atoms with Crippen molar-refractivity contribution in [2.45, 2.75) is 94.0 Å². The molecule has 0 aromatic rings. The number of amides is 5. The van der Waals surface area contributed by atoms with E-state index in [2.05, 4.69) is 26.6 Å². The van der Waals surface area contributed by atoms with Crippen LogP contribution in [-0.2, 0) is 23.3 Å². The lowest BCUT2D eigenvalue weighted by Gasteiger charge is -2.16. The van der Waals surface area contributed by atoms with Crippen LogP contribution in [0.4, 0.5) is 4.79 Å². The molecule has 0 radical (unpaired) electrons. The molecule has 12 nitrogen and oxygen atoms in total. The Morgan fingerprint density at radius 3 is 2.27 bits per heavy atom. The van der Waals surface area contributed by atoms with Gasteiger partial charge < -0.3 is 32.3 Å². The van der Waals surface area contributed by atoms with Crippen molar-refractivity contribution in [1.82, 2.24) is 26.6 Å². The zero-order chi connectivity index (χ0) is 29.4. The first-order valence-corrected chi connectivity index (χ1v) is 18.6. The van der Waals surface area contributed by atoms with Crippen molar-refractivity contribution in [3.05, 3.63) is 0 Å². The SMILES string of the molecule is CS(=O)(=O)SCCNC(=O)C(N)CCCCNC(=O)CCCCCNC(=O)CCCCC1SCC2NC(=O)NC21. The maximum atomic E-state index is 12.1. The third kappa shape index (κ3) is 14.8. The van der Waals surface area contributed by atoms with Gasteiger partial charge in [0.2, 0.25) is 17.7 Å². The van der Waals surface area contributed by atoms with E-state index in [0.29, 0.717) is 44.0 Å². The fourth-order valence-corrected chi connectivity index (χ4v) is 7.80.